The highest BCUT2D eigenvalue weighted by Gasteiger charge is 2.19. The molecular formula is C14H24N4. The van der Waals surface area contributed by atoms with Crippen molar-refractivity contribution in [3.63, 3.8) is 0 Å². The molecule has 18 heavy (non-hydrogen) atoms. The van der Waals surface area contributed by atoms with E-state index >= 15 is 0 Å². The number of aromatic nitrogens is 2. The SMILES string of the molecule is Cc1cc(N(CC2CCCCN2)C(C)C)ncn1. The van der Waals surface area contributed by atoms with E-state index < -0.39 is 0 Å². The summed E-state index contributed by atoms with van der Waals surface area (Å²) in [5.41, 5.74) is 1.03. The van der Waals surface area contributed by atoms with Crippen LogP contribution in [0.2, 0.25) is 0 Å². The molecular weight excluding hydrogens is 224 g/mol. The molecule has 0 aliphatic carbocycles. The number of piperidine rings is 1. The van der Waals surface area contributed by atoms with Crippen molar-refractivity contribution in [2.24, 2.45) is 0 Å². The van der Waals surface area contributed by atoms with Crippen molar-refractivity contribution in [3.05, 3.63) is 18.1 Å². The third kappa shape index (κ3) is 3.42. The quantitative estimate of drug-likeness (QED) is 0.886. The fourth-order valence-corrected chi connectivity index (χ4v) is 2.48. The molecule has 1 fully saturated rings. The van der Waals surface area contributed by atoms with Gasteiger partial charge >= 0.3 is 0 Å². The van der Waals surface area contributed by atoms with E-state index in [1.165, 1.54) is 19.3 Å². The second kappa shape index (κ2) is 6.14. The Balaban J connectivity index is 2.07. The number of aryl methyl sites for hydroxylation is 1. The van der Waals surface area contributed by atoms with Crippen molar-refractivity contribution in [2.75, 3.05) is 18.0 Å². The van der Waals surface area contributed by atoms with E-state index in [1.807, 2.05) is 6.92 Å². The fraction of sp³-hybridized carbons (Fsp3) is 0.714. The van der Waals surface area contributed by atoms with Gasteiger partial charge in [-0.2, -0.15) is 0 Å². The molecule has 100 valence electrons. The molecule has 4 heteroatoms. The molecule has 1 saturated heterocycles. The van der Waals surface area contributed by atoms with E-state index in [1.54, 1.807) is 6.33 Å². The average Bonchev–Trinajstić information content (AvgIpc) is 2.37. The molecule has 0 saturated carbocycles. The topological polar surface area (TPSA) is 41.0 Å². The zero-order chi connectivity index (χ0) is 13.0. The predicted molar refractivity (Wildman–Crippen MR) is 74.9 cm³/mol. The van der Waals surface area contributed by atoms with E-state index in [-0.39, 0.29) is 0 Å². The van der Waals surface area contributed by atoms with Gasteiger partial charge in [0.15, 0.2) is 0 Å². The van der Waals surface area contributed by atoms with E-state index in [0.29, 0.717) is 12.1 Å². The third-order valence-corrected chi connectivity index (χ3v) is 3.54. The monoisotopic (exact) mass is 248 g/mol. The maximum absolute atomic E-state index is 4.41. The van der Waals surface area contributed by atoms with Crippen LogP contribution in [0.3, 0.4) is 0 Å². The van der Waals surface area contributed by atoms with Crippen LogP contribution in [0.4, 0.5) is 5.82 Å². The van der Waals surface area contributed by atoms with Gasteiger partial charge in [0.2, 0.25) is 0 Å². The normalized spacial score (nSPS) is 20.1. The zero-order valence-corrected chi connectivity index (χ0v) is 11.7. The predicted octanol–water partition coefficient (Wildman–Crippen LogP) is 2.14. The van der Waals surface area contributed by atoms with E-state index in [9.17, 15) is 0 Å². The lowest BCUT2D eigenvalue weighted by molar-refractivity contribution is 0.392. The smallest absolute Gasteiger partial charge is 0.132 e. The largest absolute Gasteiger partial charge is 0.353 e. The van der Waals surface area contributed by atoms with Gasteiger partial charge in [-0.15, -0.1) is 0 Å². The average molecular weight is 248 g/mol. The van der Waals surface area contributed by atoms with Crippen molar-refractivity contribution >= 4 is 5.82 Å². The minimum Gasteiger partial charge on any atom is -0.353 e. The van der Waals surface area contributed by atoms with Crippen molar-refractivity contribution in [1.82, 2.24) is 15.3 Å². The first-order valence-electron chi connectivity index (χ1n) is 6.95. The van der Waals surface area contributed by atoms with Gasteiger partial charge < -0.3 is 10.2 Å². The Morgan fingerprint density at radius 1 is 1.39 bits per heavy atom. The second-order valence-corrected chi connectivity index (χ2v) is 5.41. The maximum Gasteiger partial charge on any atom is 0.132 e. The molecule has 1 atom stereocenters. The molecule has 4 nitrogen and oxygen atoms in total. The van der Waals surface area contributed by atoms with Gasteiger partial charge in [-0.1, -0.05) is 6.42 Å². The molecule has 0 aromatic carbocycles. The van der Waals surface area contributed by atoms with Crippen LogP contribution < -0.4 is 10.2 Å². The van der Waals surface area contributed by atoms with Crippen molar-refractivity contribution in [3.8, 4) is 0 Å². The molecule has 1 N–H and O–H groups in total. The Hall–Kier alpha value is -1.16. The molecule has 1 aliphatic rings. The highest BCUT2D eigenvalue weighted by molar-refractivity contribution is 5.40. The number of hydrogen-bond acceptors (Lipinski definition) is 4. The van der Waals surface area contributed by atoms with Crippen LogP contribution in [-0.4, -0.2) is 35.1 Å². The van der Waals surface area contributed by atoms with Gasteiger partial charge in [-0.05, 0) is 40.2 Å². The maximum atomic E-state index is 4.41. The summed E-state index contributed by atoms with van der Waals surface area (Å²) >= 11 is 0. The van der Waals surface area contributed by atoms with Gasteiger partial charge in [-0.3, -0.25) is 0 Å². The number of rotatable bonds is 4. The summed E-state index contributed by atoms with van der Waals surface area (Å²) in [7, 11) is 0. The fourth-order valence-electron chi connectivity index (χ4n) is 2.48. The van der Waals surface area contributed by atoms with Crippen LogP contribution in [-0.2, 0) is 0 Å². The van der Waals surface area contributed by atoms with Gasteiger partial charge in [0, 0.05) is 30.4 Å². The van der Waals surface area contributed by atoms with Gasteiger partial charge in [0.25, 0.3) is 0 Å². The summed E-state index contributed by atoms with van der Waals surface area (Å²) in [6.07, 6.45) is 5.58. The molecule has 1 aromatic heterocycles. The summed E-state index contributed by atoms with van der Waals surface area (Å²) in [6, 6.07) is 3.13. The lowest BCUT2D eigenvalue weighted by Crippen LogP contribution is -2.46. The van der Waals surface area contributed by atoms with Gasteiger partial charge in [0.05, 0.1) is 0 Å². The highest BCUT2D eigenvalue weighted by atomic mass is 15.2. The summed E-state index contributed by atoms with van der Waals surface area (Å²) < 4.78 is 0. The Labute approximate surface area is 110 Å². The summed E-state index contributed by atoms with van der Waals surface area (Å²) in [4.78, 5) is 11.0. The van der Waals surface area contributed by atoms with Crippen LogP contribution in [0.25, 0.3) is 0 Å². The van der Waals surface area contributed by atoms with E-state index in [0.717, 1.165) is 24.6 Å². The summed E-state index contributed by atoms with van der Waals surface area (Å²) in [5, 5.41) is 3.60. The first kappa shape index (κ1) is 13.3. The van der Waals surface area contributed by atoms with Crippen LogP contribution in [0.5, 0.6) is 0 Å². The highest BCUT2D eigenvalue weighted by Crippen LogP contribution is 2.17. The van der Waals surface area contributed by atoms with Crippen LogP contribution >= 0.6 is 0 Å². The van der Waals surface area contributed by atoms with Crippen molar-refractivity contribution in [1.29, 1.82) is 0 Å². The van der Waals surface area contributed by atoms with Crippen LogP contribution in [0, 0.1) is 6.92 Å². The molecule has 0 spiro atoms. The lowest BCUT2D eigenvalue weighted by Gasteiger charge is -2.34. The Bertz CT molecular complexity index is 372. The van der Waals surface area contributed by atoms with Gasteiger partial charge in [0.1, 0.15) is 12.1 Å². The number of hydrogen-bond donors (Lipinski definition) is 1. The van der Waals surface area contributed by atoms with Crippen LogP contribution in [0.15, 0.2) is 12.4 Å². The Morgan fingerprint density at radius 3 is 2.83 bits per heavy atom. The number of anilines is 1. The van der Waals surface area contributed by atoms with Crippen molar-refractivity contribution < 1.29 is 0 Å². The van der Waals surface area contributed by atoms with Gasteiger partial charge in [-0.25, -0.2) is 9.97 Å². The van der Waals surface area contributed by atoms with Crippen molar-refractivity contribution in [2.45, 2.75) is 52.1 Å². The molecule has 1 unspecified atom stereocenters. The van der Waals surface area contributed by atoms with Crippen LogP contribution in [0.1, 0.15) is 38.8 Å². The molecule has 2 rings (SSSR count). The molecule has 0 bridgehead atoms. The first-order chi connectivity index (χ1) is 8.66. The van der Waals surface area contributed by atoms with E-state index in [4.69, 9.17) is 0 Å². The summed E-state index contributed by atoms with van der Waals surface area (Å²) in [6.45, 7) is 8.65. The Kier molecular flexibility index (Phi) is 4.53. The molecule has 0 radical (unpaired) electrons. The third-order valence-electron chi connectivity index (χ3n) is 3.54. The molecule has 1 aliphatic heterocycles. The number of nitrogens with one attached hydrogen (secondary N) is 1. The molecule has 0 amide bonds. The minimum absolute atomic E-state index is 0.461. The number of nitrogens with zero attached hydrogens (tertiary/aromatic N) is 3. The second-order valence-electron chi connectivity index (χ2n) is 5.41. The molecule has 1 aromatic rings. The minimum atomic E-state index is 0.461. The lowest BCUT2D eigenvalue weighted by atomic mass is 10.0. The molecule has 2 heterocycles. The van der Waals surface area contributed by atoms with E-state index in [2.05, 4.69) is 40.1 Å². The summed E-state index contributed by atoms with van der Waals surface area (Å²) in [5.74, 6) is 1.05. The standard InChI is InChI=1S/C14H24N4/c1-11(2)18(9-13-6-4-5-7-15-13)14-8-12(3)16-10-17-14/h8,10-11,13,15H,4-7,9H2,1-3H3. The first-order valence-corrected chi connectivity index (χ1v) is 6.95. The zero-order valence-electron chi connectivity index (χ0n) is 11.7. The Morgan fingerprint density at radius 2 is 2.22 bits per heavy atom.